The van der Waals surface area contributed by atoms with E-state index >= 15 is 0 Å². The zero-order chi connectivity index (χ0) is 14.7. The second-order valence-corrected chi connectivity index (χ2v) is 5.58. The highest BCUT2D eigenvalue weighted by Crippen LogP contribution is 2.34. The molecule has 0 aromatic heterocycles. The summed E-state index contributed by atoms with van der Waals surface area (Å²) in [4.78, 5) is 23.0. The lowest BCUT2D eigenvalue weighted by Gasteiger charge is -2.05. The van der Waals surface area contributed by atoms with Crippen molar-refractivity contribution in [1.82, 2.24) is 0 Å². The third kappa shape index (κ3) is 3.37. The standard InChI is InChI=1S/C14H10ClNO3S/c1-9(17)10-2-7-14(13(15)8-10)20-12-5-3-11(4-6-12)16(18)19/h2-8H,1H3. The molecule has 0 aliphatic rings. The highest BCUT2D eigenvalue weighted by molar-refractivity contribution is 7.99. The van der Waals surface area contributed by atoms with E-state index in [1.54, 1.807) is 30.3 Å². The Labute approximate surface area is 124 Å². The molecule has 0 N–H and O–H groups in total. The SMILES string of the molecule is CC(=O)c1ccc(Sc2ccc([N+](=O)[O-])cc2)c(Cl)c1. The van der Waals surface area contributed by atoms with Gasteiger partial charge in [-0.2, -0.15) is 0 Å². The fourth-order valence-corrected chi connectivity index (χ4v) is 2.68. The van der Waals surface area contributed by atoms with Crippen LogP contribution in [-0.2, 0) is 0 Å². The first kappa shape index (κ1) is 14.6. The van der Waals surface area contributed by atoms with Crippen molar-refractivity contribution in [2.75, 3.05) is 0 Å². The van der Waals surface area contributed by atoms with Gasteiger partial charge in [0.2, 0.25) is 0 Å². The molecule has 0 fully saturated rings. The van der Waals surface area contributed by atoms with Gasteiger partial charge in [0.1, 0.15) is 0 Å². The molecule has 0 saturated heterocycles. The maximum absolute atomic E-state index is 11.2. The molecule has 4 nitrogen and oxygen atoms in total. The van der Waals surface area contributed by atoms with Crippen molar-refractivity contribution in [3.8, 4) is 0 Å². The largest absolute Gasteiger partial charge is 0.295 e. The highest BCUT2D eigenvalue weighted by Gasteiger charge is 2.08. The van der Waals surface area contributed by atoms with Gasteiger partial charge in [-0.15, -0.1) is 0 Å². The minimum Gasteiger partial charge on any atom is -0.295 e. The Bertz CT molecular complexity index is 671. The van der Waals surface area contributed by atoms with Crippen LogP contribution in [0.4, 0.5) is 5.69 Å². The first-order valence-electron chi connectivity index (χ1n) is 5.70. The molecule has 0 amide bonds. The van der Waals surface area contributed by atoms with Gasteiger partial charge in [-0.1, -0.05) is 29.4 Å². The molecule has 0 saturated carbocycles. The molecule has 0 aliphatic heterocycles. The number of rotatable bonds is 4. The van der Waals surface area contributed by atoms with Gasteiger partial charge in [-0.3, -0.25) is 14.9 Å². The van der Waals surface area contributed by atoms with Crippen molar-refractivity contribution in [3.63, 3.8) is 0 Å². The molecule has 2 aromatic carbocycles. The third-order valence-electron chi connectivity index (χ3n) is 2.61. The number of Topliss-reactive ketones (excluding diaryl/α,β-unsaturated/α-hetero) is 1. The summed E-state index contributed by atoms with van der Waals surface area (Å²) in [5, 5.41) is 11.1. The number of carbonyl (C=O) groups is 1. The molecule has 0 atom stereocenters. The number of benzene rings is 2. The predicted octanol–water partition coefficient (Wildman–Crippen LogP) is 4.60. The van der Waals surface area contributed by atoms with Crippen LogP contribution in [0, 0.1) is 10.1 Å². The molecule has 0 unspecified atom stereocenters. The van der Waals surface area contributed by atoms with Crippen LogP contribution in [0.5, 0.6) is 0 Å². The lowest BCUT2D eigenvalue weighted by atomic mass is 10.1. The maximum Gasteiger partial charge on any atom is 0.269 e. The van der Waals surface area contributed by atoms with Crippen molar-refractivity contribution in [2.24, 2.45) is 0 Å². The molecule has 20 heavy (non-hydrogen) atoms. The molecule has 0 heterocycles. The fourth-order valence-electron chi connectivity index (χ4n) is 1.57. The average Bonchev–Trinajstić information content (AvgIpc) is 2.41. The molecule has 0 spiro atoms. The van der Waals surface area contributed by atoms with Gasteiger partial charge >= 0.3 is 0 Å². The van der Waals surface area contributed by atoms with Crippen molar-refractivity contribution >= 4 is 34.8 Å². The molecular weight excluding hydrogens is 298 g/mol. The number of carbonyl (C=O) groups excluding carboxylic acids is 1. The Morgan fingerprint density at radius 1 is 1.20 bits per heavy atom. The molecule has 0 aliphatic carbocycles. The predicted molar refractivity (Wildman–Crippen MR) is 78.7 cm³/mol. The number of hydrogen-bond donors (Lipinski definition) is 0. The molecule has 102 valence electrons. The van der Waals surface area contributed by atoms with E-state index in [9.17, 15) is 14.9 Å². The topological polar surface area (TPSA) is 60.2 Å². The minimum atomic E-state index is -0.441. The molecule has 2 rings (SSSR count). The Kier molecular flexibility index (Phi) is 4.42. The van der Waals surface area contributed by atoms with Crippen molar-refractivity contribution in [3.05, 3.63) is 63.2 Å². The molecule has 2 aromatic rings. The first-order valence-corrected chi connectivity index (χ1v) is 6.89. The highest BCUT2D eigenvalue weighted by atomic mass is 35.5. The number of nitro benzene ring substituents is 1. The maximum atomic E-state index is 11.2. The van der Waals surface area contributed by atoms with E-state index < -0.39 is 4.92 Å². The number of nitro groups is 1. The Morgan fingerprint density at radius 2 is 1.85 bits per heavy atom. The summed E-state index contributed by atoms with van der Waals surface area (Å²) < 4.78 is 0. The number of hydrogen-bond acceptors (Lipinski definition) is 4. The Morgan fingerprint density at radius 3 is 2.35 bits per heavy atom. The van der Waals surface area contributed by atoms with Gasteiger partial charge in [0.25, 0.3) is 5.69 Å². The molecular formula is C14H10ClNO3S. The number of non-ortho nitro benzene ring substituents is 1. The Balaban J connectivity index is 2.21. The first-order chi connectivity index (χ1) is 9.47. The van der Waals surface area contributed by atoms with Gasteiger partial charge in [0, 0.05) is 27.5 Å². The van der Waals surface area contributed by atoms with E-state index in [-0.39, 0.29) is 11.5 Å². The van der Waals surface area contributed by atoms with E-state index in [0.717, 1.165) is 9.79 Å². The van der Waals surface area contributed by atoms with Crippen LogP contribution in [0.1, 0.15) is 17.3 Å². The van der Waals surface area contributed by atoms with E-state index in [4.69, 9.17) is 11.6 Å². The lowest BCUT2D eigenvalue weighted by molar-refractivity contribution is -0.384. The second kappa shape index (κ2) is 6.07. The quantitative estimate of drug-likeness (QED) is 0.470. The molecule has 0 radical (unpaired) electrons. The van der Waals surface area contributed by atoms with Gasteiger partial charge in [-0.25, -0.2) is 0 Å². The normalized spacial score (nSPS) is 10.3. The zero-order valence-corrected chi connectivity index (χ0v) is 12.1. The van der Waals surface area contributed by atoms with Crippen LogP contribution in [0.2, 0.25) is 5.02 Å². The van der Waals surface area contributed by atoms with Crippen LogP contribution in [-0.4, -0.2) is 10.7 Å². The van der Waals surface area contributed by atoms with E-state index in [2.05, 4.69) is 0 Å². The fraction of sp³-hybridized carbons (Fsp3) is 0.0714. The van der Waals surface area contributed by atoms with Gasteiger partial charge < -0.3 is 0 Å². The lowest BCUT2D eigenvalue weighted by Crippen LogP contribution is -1.91. The van der Waals surface area contributed by atoms with E-state index in [1.807, 2.05) is 0 Å². The summed E-state index contributed by atoms with van der Waals surface area (Å²) in [5.41, 5.74) is 0.607. The van der Waals surface area contributed by atoms with Crippen LogP contribution in [0.3, 0.4) is 0 Å². The van der Waals surface area contributed by atoms with Gasteiger partial charge in [-0.05, 0) is 31.2 Å². The summed E-state index contributed by atoms with van der Waals surface area (Å²) in [6.07, 6.45) is 0. The summed E-state index contributed by atoms with van der Waals surface area (Å²) in [5.74, 6) is -0.0428. The van der Waals surface area contributed by atoms with E-state index in [1.165, 1.54) is 30.8 Å². The molecule has 0 bridgehead atoms. The van der Waals surface area contributed by atoms with Gasteiger partial charge in [0.15, 0.2) is 5.78 Å². The van der Waals surface area contributed by atoms with E-state index in [0.29, 0.717) is 10.6 Å². The van der Waals surface area contributed by atoms with Crippen LogP contribution in [0.25, 0.3) is 0 Å². The van der Waals surface area contributed by atoms with Crippen LogP contribution >= 0.6 is 23.4 Å². The van der Waals surface area contributed by atoms with Crippen molar-refractivity contribution < 1.29 is 9.72 Å². The number of nitrogens with zero attached hydrogens (tertiary/aromatic N) is 1. The smallest absolute Gasteiger partial charge is 0.269 e. The summed E-state index contributed by atoms with van der Waals surface area (Å²) in [6.45, 7) is 1.48. The number of ketones is 1. The van der Waals surface area contributed by atoms with Gasteiger partial charge in [0.05, 0.1) is 9.95 Å². The summed E-state index contributed by atoms with van der Waals surface area (Å²) in [6, 6.07) is 11.3. The summed E-state index contributed by atoms with van der Waals surface area (Å²) >= 11 is 7.51. The molecule has 6 heteroatoms. The minimum absolute atomic E-state index is 0.0428. The number of halogens is 1. The van der Waals surface area contributed by atoms with Crippen LogP contribution < -0.4 is 0 Å². The van der Waals surface area contributed by atoms with Crippen molar-refractivity contribution in [1.29, 1.82) is 0 Å². The monoisotopic (exact) mass is 307 g/mol. The zero-order valence-electron chi connectivity index (χ0n) is 10.5. The van der Waals surface area contributed by atoms with Crippen molar-refractivity contribution in [2.45, 2.75) is 16.7 Å². The third-order valence-corrected chi connectivity index (χ3v) is 4.12. The average molecular weight is 308 g/mol. The second-order valence-electron chi connectivity index (χ2n) is 4.05. The summed E-state index contributed by atoms with van der Waals surface area (Å²) in [7, 11) is 0. The Hall–Kier alpha value is -1.85. The van der Waals surface area contributed by atoms with Crippen LogP contribution in [0.15, 0.2) is 52.3 Å².